The second-order valence-electron chi connectivity index (χ2n) is 5.38. The van der Waals surface area contributed by atoms with Gasteiger partial charge < -0.3 is 4.90 Å². The van der Waals surface area contributed by atoms with E-state index >= 15 is 0 Å². The molecule has 2 bridgehead atoms. The standard InChI is InChI=1S/C12H22BrN/c1-10(6-13)7-14-8-11-3-2-4-12(5-11)9-14/h10-12H,2-9H2,1H3. The van der Waals surface area contributed by atoms with Gasteiger partial charge in [-0.15, -0.1) is 0 Å². The summed E-state index contributed by atoms with van der Waals surface area (Å²) in [4.78, 5) is 2.71. The van der Waals surface area contributed by atoms with Gasteiger partial charge >= 0.3 is 0 Å². The highest BCUT2D eigenvalue weighted by molar-refractivity contribution is 9.09. The monoisotopic (exact) mass is 259 g/mol. The van der Waals surface area contributed by atoms with E-state index in [1.54, 1.807) is 0 Å². The Morgan fingerprint density at radius 2 is 1.93 bits per heavy atom. The molecule has 1 heterocycles. The van der Waals surface area contributed by atoms with Crippen molar-refractivity contribution in [3.05, 3.63) is 0 Å². The van der Waals surface area contributed by atoms with Crippen LogP contribution in [0.1, 0.15) is 32.6 Å². The lowest BCUT2D eigenvalue weighted by Gasteiger charge is -2.42. The van der Waals surface area contributed by atoms with Crippen LogP contribution in [0.4, 0.5) is 0 Å². The van der Waals surface area contributed by atoms with Crippen molar-refractivity contribution in [1.29, 1.82) is 0 Å². The van der Waals surface area contributed by atoms with Crippen molar-refractivity contribution in [1.82, 2.24) is 4.90 Å². The Balaban J connectivity index is 1.83. The number of nitrogens with zero attached hydrogens (tertiary/aromatic N) is 1. The number of hydrogen-bond donors (Lipinski definition) is 0. The fourth-order valence-electron chi connectivity index (χ4n) is 3.18. The second-order valence-corrected chi connectivity index (χ2v) is 6.02. The molecule has 14 heavy (non-hydrogen) atoms. The van der Waals surface area contributed by atoms with Gasteiger partial charge in [0.1, 0.15) is 0 Å². The summed E-state index contributed by atoms with van der Waals surface area (Å²) in [5.74, 6) is 2.88. The van der Waals surface area contributed by atoms with Crippen molar-refractivity contribution in [2.75, 3.05) is 25.0 Å². The van der Waals surface area contributed by atoms with Gasteiger partial charge in [-0.05, 0) is 37.0 Å². The molecule has 2 rings (SSSR count). The minimum Gasteiger partial charge on any atom is -0.302 e. The summed E-state index contributed by atoms with van der Waals surface area (Å²) >= 11 is 3.58. The lowest BCUT2D eigenvalue weighted by molar-refractivity contribution is 0.0781. The van der Waals surface area contributed by atoms with Gasteiger partial charge in [0.2, 0.25) is 0 Å². The van der Waals surface area contributed by atoms with Gasteiger partial charge in [0.25, 0.3) is 0 Å². The first kappa shape index (κ1) is 10.9. The molecule has 1 saturated heterocycles. The summed E-state index contributed by atoms with van der Waals surface area (Å²) in [6.45, 7) is 6.42. The third-order valence-corrected chi connectivity index (χ3v) is 4.86. The molecular formula is C12H22BrN. The Kier molecular flexibility index (Phi) is 3.89. The fraction of sp³-hybridized carbons (Fsp3) is 1.00. The minimum absolute atomic E-state index is 0.814. The van der Waals surface area contributed by atoms with Crippen molar-refractivity contribution in [2.24, 2.45) is 17.8 Å². The van der Waals surface area contributed by atoms with Crippen LogP contribution in [-0.2, 0) is 0 Å². The van der Waals surface area contributed by atoms with Crippen LogP contribution in [0, 0.1) is 17.8 Å². The zero-order chi connectivity index (χ0) is 9.97. The van der Waals surface area contributed by atoms with Crippen LogP contribution < -0.4 is 0 Å². The van der Waals surface area contributed by atoms with Crippen LogP contribution >= 0.6 is 15.9 Å². The van der Waals surface area contributed by atoms with E-state index in [4.69, 9.17) is 0 Å². The number of alkyl halides is 1. The minimum atomic E-state index is 0.814. The van der Waals surface area contributed by atoms with E-state index in [0.717, 1.165) is 23.1 Å². The van der Waals surface area contributed by atoms with Crippen molar-refractivity contribution >= 4 is 15.9 Å². The first-order chi connectivity index (χ1) is 6.78. The topological polar surface area (TPSA) is 3.24 Å². The SMILES string of the molecule is CC(CBr)CN1CC2CCCC(C2)C1. The summed E-state index contributed by atoms with van der Waals surface area (Å²) < 4.78 is 0. The van der Waals surface area contributed by atoms with Crippen molar-refractivity contribution in [3.8, 4) is 0 Å². The van der Waals surface area contributed by atoms with Crippen LogP contribution in [-0.4, -0.2) is 29.9 Å². The van der Waals surface area contributed by atoms with E-state index in [9.17, 15) is 0 Å². The van der Waals surface area contributed by atoms with E-state index in [1.165, 1.54) is 45.3 Å². The second kappa shape index (κ2) is 4.98. The van der Waals surface area contributed by atoms with Gasteiger partial charge in [0.05, 0.1) is 0 Å². The highest BCUT2D eigenvalue weighted by Gasteiger charge is 2.30. The molecule has 1 saturated carbocycles. The van der Waals surface area contributed by atoms with Crippen LogP contribution in [0.15, 0.2) is 0 Å². The lowest BCUT2D eigenvalue weighted by atomic mass is 9.78. The van der Waals surface area contributed by atoms with Crippen LogP contribution in [0.3, 0.4) is 0 Å². The van der Waals surface area contributed by atoms with Gasteiger partial charge in [-0.1, -0.05) is 29.3 Å². The molecule has 1 nitrogen and oxygen atoms in total. The molecule has 0 aromatic heterocycles. The largest absolute Gasteiger partial charge is 0.302 e. The molecule has 2 heteroatoms. The number of halogens is 1. The third-order valence-electron chi connectivity index (χ3n) is 3.76. The maximum Gasteiger partial charge on any atom is 0.00692 e. The molecule has 82 valence electrons. The molecule has 0 N–H and O–H groups in total. The molecule has 1 aliphatic heterocycles. The Labute approximate surface area is 96.4 Å². The first-order valence-electron chi connectivity index (χ1n) is 6.06. The van der Waals surface area contributed by atoms with E-state index in [0.29, 0.717) is 0 Å². The molecule has 0 aromatic rings. The Bertz CT molecular complexity index is 168. The zero-order valence-electron chi connectivity index (χ0n) is 9.21. The van der Waals surface area contributed by atoms with E-state index in [2.05, 4.69) is 27.8 Å². The Hall–Kier alpha value is 0.440. The van der Waals surface area contributed by atoms with Crippen LogP contribution in [0.5, 0.6) is 0 Å². The molecule has 2 aliphatic rings. The average Bonchev–Trinajstić information content (AvgIpc) is 2.17. The van der Waals surface area contributed by atoms with Crippen LogP contribution in [0.2, 0.25) is 0 Å². The summed E-state index contributed by atoms with van der Waals surface area (Å²) in [6, 6.07) is 0. The Morgan fingerprint density at radius 1 is 1.29 bits per heavy atom. The molecule has 0 aromatic carbocycles. The number of hydrogen-bond acceptors (Lipinski definition) is 1. The molecule has 0 amide bonds. The first-order valence-corrected chi connectivity index (χ1v) is 7.18. The lowest BCUT2D eigenvalue weighted by Crippen LogP contribution is -2.44. The molecule has 0 radical (unpaired) electrons. The van der Waals surface area contributed by atoms with E-state index in [1.807, 2.05) is 0 Å². The summed E-state index contributed by atoms with van der Waals surface area (Å²) in [7, 11) is 0. The molecule has 0 spiro atoms. The number of piperidine rings is 1. The maximum absolute atomic E-state index is 3.58. The third kappa shape index (κ3) is 2.73. The predicted molar refractivity (Wildman–Crippen MR) is 64.8 cm³/mol. The molecule has 2 fully saturated rings. The van der Waals surface area contributed by atoms with Gasteiger partial charge in [-0.25, -0.2) is 0 Å². The van der Waals surface area contributed by atoms with Crippen LogP contribution in [0.25, 0.3) is 0 Å². The molecule has 1 aliphatic carbocycles. The number of likely N-dealkylation sites (tertiary alicyclic amines) is 1. The molecular weight excluding hydrogens is 238 g/mol. The maximum atomic E-state index is 3.58. The fourth-order valence-corrected chi connectivity index (χ4v) is 3.38. The smallest absolute Gasteiger partial charge is 0.00692 e. The molecule has 3 unspecified atom stereocenters. The van der Waals surface area contributed by atoms with Gasteiger partial charge in [-0.3, -0.25) is 0 Å². The van der Waals surface area contributed by atoms with E-state index < -0.39 is 0 Å². The number of rotatable bonds is 3. The summed E-state index contributed by atoms with van der Waals surface area (Å²) in [5.41, 5.74) is 0. The van der Waals surface area contributed by atoms with Crippen molar-refractivity contribution < 1.29 is 0 Å². The van der Waals surface area contributed by atoms with Gasteiger partial charge in [0, 0.05) is 25.0 Å². The Morgan fingerprint density at radius 3 is 2.50 bits per heavy atom. The highest BCUT2D eigenvalue weighted by atomic mass is 79.9. The highest BCUT2D eigenvalue weighted by Crippen LogP contribution is 2.34. The number of fused-ring (bicyclic) bond motifs is 2. The zero-order valence-corrected chi connectivity index (χ0v) is 10.8. The summed E-state index contributed by atoms with van der Waals surface area (Å²) in [5, 5.41) is 1.15. The predicted octanol–water partition coefficient (Wildman–Crippen LogP) is 3.14. The van der Waals surface area contributed by atoms with Crippen molar-refractivity contribution in [2.45, 2.75) is 32.6 Å². The van der Waals surface area contributed by atoms with E-state index in [-0.39, 0.29) is 0 Å². The summed E-state index contributed by atoms with van der Waals surface area (Å²) in [6.07, 6.45) is 6.02. The molecule has 3 atom stereocenters. The van der Waals surface area contributed by atoms with Crippen molar-refractivity contribution in [3.63, 3.8) is 0 Å². The van der Waals surface area contributed by atoms with Gasteiger partial charge in [-0.2, -0.15) is 0 Å². The van der Waals surface area contributed by atoms with Gasteiger partial charge in [0.15, 0.2) is 0 Å². The normalized spacial score (nSPS) is 35.6. The quantitative estimate of drug-likeness (QED) is 0.705. The average molecular weight is 260 g/mol.